The molecule has 1 aliphatic rings. The number of nitrogens with one attached hydrogen (secondary N) is 2. The number of anilines is 1. The number of guanidine groups is 1. The van der Waals surface area contributed by atoms with Crippen LogP contribution in [0.3, 0.4) is 0 Å². The number of aliphatic imine (C=N–C) groups is 1. The predicted molar refractivity (Wildman–Crippen MR) is 106 cm³/mol. The van der Waals surface area contributed by atoms with E-state index in [1.165, 1.54) is 5.56 Å². The Kier molecular flexibility index (Phi) is 6.25. The monoisotopic (exact) mass is 350 g/mol. The second-order valence-corrected chi connectivity index (χ2v) is 6.61. The molecule has 5 nitrogen and oxygen atoms in total. The van der Waals surface area contributed by atoms with Gasteiger partial charge in [-0.1, -0.05) is 48.5 Å². The maximum Gasteiger partial charge on any atom is 0.243 e. The van der Waals surface area contributed by atoms with Crippen molar-refractivity contribution in [3.8, 4) is 0 Å². The third-order valence-corrected chi connectivity index (χ3v) is 4.63. The molecule has 1 saturated heterocycles. The van der Waals surface area contributed by atoms with Gasteiger partial charge in [0.1, 0.15) is 0 Å². The zero-order valence-corrected chi connectivity index (χ0v) is 15.2. The van der Waals surface area contributed by atoms with E-state index in [0.717, 1.165) is 37.6 Å². The molecule has 0 aromatic heterocycles. The average molecular weight is 350 g/mol. The number of amides is 1. The summed E-state index contributed by atoms with van der Waals surface area (Å²) in [7, 11) is 1.77. The van der Waals surface area contributed by atoms with Gasteiger partial charge in [0.2, 0.25) is 5.91 Å². The van der Waals surface area contributed by atoms with Crippen LogP contribution in [-0.4, -0.2) is 43.4 Å². The molecule has 136 valence electrons. The highest BCUT2D eigenvalue weighted by atomic mass is 16.1. The molecule has 0 saturated carbocycles. The molecule has 5 heteroatoms. The van der Waals surface area contributed by atoms with Crippen molar-refractivity contribution < 1.29 is 4.79 Å². The molecule has 0 bridgehead atoms. The van der Waals surface area contributed by atoms with E-state index >= 15 is 0 Å². The van der Waals surface area contributed by atoms with Crippen LogP contribution in [-0.2, 0) is 11.2 Å². The Bertz CT molecular complexity index is 730. The van der Waals surface area contributed by atoms with Crippen LogP contribution in [0, 0.1) is 5.92 Å². The van der Waals surface area contributed by atoms with Crippen LogP contribution in [0.2, 0.25) is 0 Å². The molecule has 26 heavy (non-hydrogen) atoms. The number of hydrogen-bond acceptors (Lipinski definition) is 2. The Hall–Kier alpha value is -2.82. The molecule has 1 fully saturated rings. The lowest BCUT2D eigenvalue weighted by atomic mass is 9.99. The van der Waals surface area contributed by atoms with Gasteiger partial charge in [-0.15, -0.1) is 0 Å². The summed E-state index contributed by atoms with van der Waals surface area (Å²) in [5, 5.41) is 6.06. The number of carbonyl (C=O) groups is 1. The number of rotatable bonds is 5. The molecule has 0 radical (unpaired) electrons. The predicted octanol–water partition coefficient (Wildman–Crippen LogP) is 2.77. The first-order valence-corrected chi connectivity index (χ1v) is 9.09. The van der Waals surface area contributed by atoms with Crippen molar-refractivity contribution in [2.75, 3.05) is 32.0 Å². The van der Waals surface area contributed by atoms with Crippen molar-refractivity contribution in [3.63, 3.8) is 0 Å². The Balaban J connectivity index is 1.46. The van der Waals surface area contributed by atoms with Gasteiger partial charge in [0.05, 0.1) is 6.54 Å². The van der Waals surface area contributed by atoms with E-state index in [4.69, 9.17) is 0 Å². The Morgan fingerprint density at radius 3 is 2.50 bits per heavy atom. The fourth-order valence-electron chi connectivity index (χ4n) is 3.36. The van der Waals surface area contributed by atoms with E-state index < -0.39 is 0 Å². The minimum atomic E-state index is -0.0719. The van der Waals surface area contributed by atoms with Crippen LogP contribution in [0.25, 0.3) is 0 Å². The summed E-state index contributed by atoms with van der Waals surface area (Å²) in [6.07, 6.45) is 2.23. The van der Waals surface area contributed by atoms with Crippen molar-refractivity contribution in [3.05, 3.63) is 66.2 Å². The van der Waals surface area contributed by atoms with Gasteiger partial charge in [0.15, 0.2) is 5.96 Å². The van der Waals surface area contributed by atoms with Crippen LogP contribution in [0.4, 0.5) is 5.69 Å². The first-order chi connectivity index (χ1) is 12.7. The quantitative estimate of drug-likeness (QED) is 0.644. The summed E-state index contributed by atoms with van der Waals surface area (Å²) in [5.41, 5.74) is 2.18. The van der Waals surface area contributed by atoms with Crippen LogP contribution >= 0.6 is 0 Å². The number of benzene rings is 2. The minimum Gasteiger partial charge on any atom is -0.347 e. The molecular formula is C21H26N4O. The lowest BCUT2D eigenvalue weighted by molar-refractivity contribution is -0.115. The molecule has 1 unspecified atom stereocenters. The standard InChI is InChI=1S/C21H26N4O/c1-22-21(23-15-20(26)24-19-10-6-3-7-11-19)25-13-12-18(16-25)14-17-8-4-2-5-9-17/h2-11,18H,12-16H2,1H3,(H,22,23)(H,24,26). The van der Waals surface area contributed by atoms with E-state index in [9.17, 15) is 4.79 Å². The summed E-state index contributed by atoms with van der Waals surface area (Å²) in [5.74, 6) is 1.34. The van der Waals surface area contributed by atoms with Gasteiger partial charge in [-0.05, 0) is 36.5 Å². The van der Waals surface area contributed by atoms with Crippen LogP contribution in [0.15, 0.2) is 65.7 Å². The van der Waals surface area contributed by atoms with Gasteiger partial charge in [-0.3, -0.25) is 9.79 Å². The zero-order valence-electron chi connectivity index (χ0n) is 15.2. The van der Waals surface area contributed by atoms with Gasteiger partial charge >= 0.3 is 0 Å². The number of hydrogen-bond donors (Lipinski definition) is 2. The second-order valence-electron chi connectivity index (χ2n) is 6.61. The third kappa shape index (κ3) is 5.09. The Morgan fingerprint density at radius 1 is 1.12 bits per heavy atom. The van der Waals surface area contributed by atoms with Gasteiger partial charge in [-0.25, -0.2) is 0 Å². The van der Waals surface area contributed by atoms with Gasteiger partial charge in [-0.2, -0.15) is 0 Å². The summed E-state index contributed by atoms with van der Waals surface area (Å²) in [4.78, 5) is 18.7. The number of carbonyl (C=O) groups excluding carboxylic acids is 1. The maximum atomic E-state index is 12.1. The highest BCUT2D eigenvalue weighted by molar-refractivity contribution is 5.95. The van der Waals surface area contributed by atoms with Gasteiger partial charge in [0.25, 0.3) is 0 Å². The summed E-state index contributed by atoms with van der Waals surface area (Å²) >= 11 is 0. The average Bonchev–Trinajstić information content (AvgIpc) is 3.12. The minimum absolute atomic E-state index is 0.0719. The molecule has 1 atom stereocenters. The SMILES string of the molecule is CN=C(NCC(=O)Nc1ccccc1)N1CCC(Cc2ccccc2)C1. The van der Waals surface area contributed by atoms with Crippen molar-refractivity contribution >= 4 is 17.6 Å². The highest BCUT2D eigenvalue weighted by Gasteiger charge is 2.25. The summed E-state index contributed by atoms with van der Waals surface area (Å²) < 4.78 is 0. The first-order valence-electron chi connectivity index (χ1n) is 9.09. The fraction of sp³-hybridized carbons (Fsp3) is 0.333. The normalized spacial score (nSPS) is 17.2. The molecule has 1 amide bonds. The Morgan fingerprint density at radius 2 is 1.81 bits per heavy atom. The smallest absolute Gasteiger partial charge is 0.243 e. The highest BCUT2D eigenvalue weighted by Crippen LogP contribution is 2.20. The van der Waals surface area contributed by atoms with Gasteiger partial charge < -0.3 is 15.5 Å². The lowest BCUT2D eigenvalue weighted by Crippen LogP contribution is -2.43. The van der Waals surface area contributed by atoms with E-state index in [-0.39, 0.29) is 12.5 Å². The zero-order chi connectivity index (χ0) is 18.2. The fourth-order valence-corrected chi connectivity index (χ4v) is 3.36. The van der Waals surface area contributed by atoms with Crippen LogP contribution in [0.5, 0.6) is 0 Å². The number of nitrogens with zero attached hydrogens (tertiary/aromatic N) is 2. The molecule has 2 N–H and O–H groups in total. The maximum absolute atomic E-state index is 12.1. The molecule has 0 spiro atoms. The molecule has 1 aliphatic heterocycles. The molecule has 2 aromatic rings. The van der Waals surface area contributed by atoms with E-state index in [2.05, 4.69) is 50.9 Å². The largest absolute Gasteiger partial charge is 0.347 e. The summed E-state index contributed by atoms with van der Waals surface area (Å²) in [6, 6.07) is 20.1. The topological polar surface area (TPSA) is 56.7 Å². The molecule has 0 aliphatic carbocycles. The van der Waals surface area contributed by atoms with E-state index in [1.807, 2.05) is 30.3 Å². The molecule has 2 aromatic carbocycles. The van der Waals surface area contributed by atoms with Crippen molar-refractivity contribution in [1.82, 2.24) is 10.2 Å². The van der Waals surface area contributed by atoms with Crippen molar-refractivity contribution in [2.45, 2.75) is 12.8 Å². The lowest BCUT2D eigenvalue weighted by Gasteiger charge is -2.21. The molecule has 3 rings (SSSR count). The van der Waals surface area contributed by atoms with Crippen molar-refractivity contribution in [2.24, 2.45) is 10.9 Å². The van der Waals surface area contributed by atoms with Crippen molar-refractivity contribution in [1.29, 1.82) is 0 Å². The van der Waals surface area contributed by atoms with Gasteiger partial charge in [0, 0.05) is 25.8 Å². The van der Waals surface area contributed by atoms with E-state index in [0.29, 0.717) is 5.92 Å². The first kappa shape index (κ1) is 18.0. The summed E-state index contributed by atoms with van der Waals surface area (Å²) in [6.45, 7) is 2.15. The Labute approximate surface area is 155 Å². The second kappa shape index (κ2) is 9.04. The third-order valence-electron chi connectivity index (χ3n) is 4.63. The van der Waals surface area contributed by atoms with Crippen LogP contribution in [0.1, 0.15) is 12.0 Å². The van der Waals surface area contributed by atoms with E-state index in [1.54, 1.807) is 7.05 Å². The van der Waals surface area contributed by atoms with Crippen LogP contribution < -0.4 is 10.6 Å². The number of para-hydroxylation sites is 1. The molecule has 1 heterocycles. The molecular weight excluding hydrogens is 324 g/mol. The number of likely N-dealkylation sites (tertiary alicyclic amines) is 1.